The van der Waals surface area contributed by atoms with Gasteiger partial charge in [-0.25, -0.2) is 4.79 Å². The van der Waals surface area contributed by atoms with Gasteiger partial charge in [-0.3, -0.25) is 0 Å². The molecule has 0 heterocycles. The number of carbonyl (C=O) groups excluding carboxylic acids is 1. The Hall–Kier alpha value is -2.20. The first kappa shape index (κ1) is 16.2. The third kappa shape index (κ3) is 4.97. The molecule has 0 radical (unpaired) electrons. The van der Waals surface area contributed by atoms with Crippen molar-refractivity contribution in [2.45, 2.75) is 12.8 Å². The molecule has 0 bridgehead atoms. The summed E-state index contributed by atoms with van der Waals surface area (Å²) < 4.78 is 5.68. The Labute approximate surface area is 135 Å². The van der Waals surface area contributed by atoms with Crippen LogP contribution in [0.25, 0.3) is 0 Å². The van der Waals surface area contributed by atoms with E-state index in [1.165, 1.54) is 5.56 Å². The number of anilines is 1. The van der Waals surface area contributed by atoms with Crippen molar-refractivity contribution in [3.8, 4) is 5.75 Å². The van der Waals surface area contributed by atoms with Gasteiger partial charge in [0, 0.05) is 12.7 Å². The fourth-order valence-electron chi connectivity index (χ4n) is 1.99. The molecule has 0 spiro atoms. The number of carbonyl (C=O) groups is 1. The number of nitrogens with one attached hydrogen (secondary N) is 2. The molecule has 116 valence electrons. The highest BCUT2D eigenvalue weighted by molar-refractivity contribution is 6.32. The summed E-state index contributed by atoms with van der Waals surface area (Å²) in [7, 11) is 1.56. The summed E-state index contributed by atoms with van der Waals surface area (Å²) in [4.78, 5) is 11.2. The lowest BCUT2D eigenvalue weighted by Gasteiger charge is -2.10. The molecule has 2 aromatic carbocycles. The maximum Gasteiger partial charge on any atom is 0.318 e. The minimum Gasteiger partial charge on any atom is -0.492 e. The molecular formula is C17H19ClN2O2. The van der Waals surface area contributed by atoms with Crippen LogP contribution >= 0.6 is 11.6 Å². The average molecular weight is 319 g/mol. The predicted molar refractivity (Wildman–Crippen MR) is 89.8 cm³/mol. The van der Waals surface area contributed by atoms with Crippen LogP contribution in [0.1, 0.15) is 12.0 Å². The van der Waals surface area contributed by atoms with Crippen molar-refractivity contribution in [2.75, 3.05) is 19.0 Å². The fourth-order valence-corrected chi connectivity index (χ4v) is 2.23. The standard InChI is InChI=1S/C17H19ClN2O2/c1-19-17(21)20-14-9-10-16(15(18)12-14)22-11-5-8-13-6-3-2-4-7-13/h2-4,6-7,9-10,12H,5,8,11H2,1H3,(H2,19,20,21). The van der Waals surface area contributed by atoms with Gasteiger partial charge in [0.25, 0.3) is 0 Å². The van der Waals surface area contributed by atoms with Gasteiger partial charge < -0.3 is 15.4 Å². The van der Waals surface area contributed by atoms with Gasteiger partial charge in [0.05, 0.1) is 11.6 Å². The largest absolute Gasteiger partial charge is 0.492 e. The second-order valence-electron chi connectivity index (χ2n) is 4.79. The lowest BCUT2D eigenvalue weighted by molar-refractivity contribution is 0.254. The van der Waals surface area contributed by atoms with Crippen molar-refractivity contribution in [3.63, 3.8) is 0 Å². The van der Waals surface area contributed by atoms with E-state index in [0.29, 0.717) is 23.1 Å². The predicted octanol–water partition coefficient (Wildman–Crippen LogP) is 4.10. The van der Waals surface area contributed by atoms with Crippen LogP contribution in [-0.2, 0) is 6.42 Å². The quantitative estimate of drug-likeness (QED) is 0.788. The van der Waals surface area contributed by atoms with Crippen LogP contribution < -0.4 is 15.4 Å². The lowest BCUT2D eigenvalue weighted by atomic mass is 10.1. The van der Waals surface area contributed by atoms with Gasteiger partial charge in [-0.2, -0.15) is 0 Å². The summed E-state index contributed by atoms with van der Waals surface area (Å²) in [6.07, 6.45) is 1.88. The van der Waals surface area contributed by atoms with Crippen LogP contribution in [0.2, 0.25) is 5.02 Å². The summed E-state index contributed by atoms with van der Waals surface area (Å²) in [5.41, 5.74) is 1.92. The van der Waals surface area contributed by atoms with E-state index < -0.39 is 0 Å². The van der Waals surface area contributed by atoms with Gasteiger partial charge in [-0.15, -0.1) is 0 Å². The number of hydrogen-bond acceptors (Lipinski definition) is 2. The van der Waals surface area contributed by atoms with Crippen LogP contribution in [0.3, 0.4) is 0 Å². The topological polar surface area (TPSA) is 50.4 Å². The molecule has 2 aromatic rings. The molecule has 0 saturated heterocycles. The number of benzene rings is 2. The lowest BCUT2D eigenvalue weighted by Crippen LogP contribution is -2.24. The highest BCUT2D eigenvalue weighted by Gasteiger charge is 2.05. The molecule has 2 amide bonds. The molecule has 5 heteroatoms. The Morgan fingerprint density at radius 2 is 1.95 bits per heavy atom. The van der Waals surface area contributed by atoms with E-state index in [4.69, 9.17) is 16.3 Å². The Bertz CT molecular complexity index is 617. The fraction of sp³-hybridized carbons (Fsp3) is 0.235. The van der Waals surface area contributed by atoms with Crippen molar-refractivity contribution in [1.82, 2.24) is 5.32 Å². The number of halogens is 1. The Kier molecular flexibility index (Phi) is 6.10. The van der Waals surface area contributed by atoms with E-state index >= 15 is 0 Å². The molecular weight excluding hydrogens is 300 g/mol. The minimum absolute atomic E-state index is 0.285. The molecule has 0 aliphatic heterocycles. The minimum atomic E-state index is -0.285. The van der Waals surface area contributed by atoms with E-state index in [0.717, 1.165) is 12.8 Å². The van der Waals surface area contributed by atoms with Gasteiger partial charge in [0.15, 0.2) is 0 Å². The molecule has 0 aliphatic carbocycles. The molecule has 2 rings (SSSR count). The smallest absolute Gasteiger partial charge is 0.318 e. The molecule has 0 saturated carbocycles. The summed E-state index contributed by atoms with van der Waals surface area (Å²) in [6, 6.07) is 15.2. The molecule has 0 aliphatic rings. The number of ether oxygens (including phenoxy) is 1. The second-order valence-corrected chi connectivity index (χ2v) is 5.19. The molecule has 4 nitrogen and oxygen atoms in total. The van der Waals surface area contributed by atoms with Crippen LogP contribution in [0.15, 0.2) is 48.5 Å². The van der Waals surface area contributed by atoms with Gasteiger partial charge in [0.1, 0.15) is 5.75 Å². The molecule has 22 heavy (non-hydrogen) atoms. The van der Waals surface area contributed by atoms with Crippen molar-refractivity contribution >= 4 is 23.3 Å². The van der Waals surface area contributed by atoms with Crippen molar-refractivity contribution in [1.29, 1.82) is 0 Å². The SMILES string of the molecule is CNC(=O)Nc1ccc(OCCCc2ccccc2)c(Cl)c1. The number of aryl methyl sites for hydroxylation is 1. The van der Waals surface area contributed by atoms with E-state index in [9.17, 15) is 4.79 Å². The Morgan fingerprint density at radius 3 is 2.64 bits per heavy atom. The zero-order chi connectivity index (χ0) is 15.8. The summed E-state index contributed by atoms with van der Waals surface area (Å²) in [6.45, 7) is 0.594. The van der Waals surface area contributed by atoms with E-state index in [1.807, 2.05) is 18.2 Å². The molecule has 0 aromatic heterocycles. The third-order valence-electron chi connectivity index (χ3n) is 3.13. The summed E-state index contributed by atoms with van der Waals surface area (Å²) >= 11 is 6.16. The molecule has 0 fully saturated rings. The molecule has 0 atom stereocenters. The third-order valence-corrected chi connectivity index (χ3v) is 3.42. The van der Waals surface area contributed by atoms with Crippen molar-refractivity contribution in [3.05, 3.63) is 59.1 Å². The van der Waals surface area contributed by atoms with Crippen LogP contribution in [0.5, 0.6) is 5.75 Å². The van der Waals surface area contributed by atoms with E-state index in [2.05, 4.69) is 22.8 Å². The highest BCUT2D eigenvalue weighted by Crippen LogP contribution is 2.27. The monoisotopic (exact) mass is 318 g/mol. The van der Waals surface area contributed by atoms with Crippen LogP contribution in [0.4, 0.5) is 10.5 Å². The normalized spacial score (nSPS) is 10.1. The van der Waals surface area contributed by atoms with Gasteiger partial charge in [-0.1, -0.05) is 41.9 Å². The molecule has 0 unspecified atom stereocenters. The van der Waals surface area contributed by atoms with Crippen molar-refractivity contribution < 1.29 is 9.53 Å². The number of amides is 2. The zero-order valence-corrected chi connectivity index (χ0v) is 13.2. The Morgan fingerprint density at radius 1 is 1.18 bits per heavy atom. The van der Waals surface area contributed by atoms with Crippen molar-refractivity contribution in [2.24, 2.45) is 0 Å². The number of rotatable bonds is 6. The average Bonchev–Trinajstić information content (AvgIpc) is 2.54. The zero-order valence-electron chi connectivity index (χ0n) is 12.4. The number of hydrogen-bond donors (Lipinski definition) is 2. The Balaban J connectivity index is 1.81. The first-order valence-corrected chi connectivity index (χ1v) is 7.52. The van der Waals surface area contributed by atoms with Crippen LogP contribution in [-0.4, -0.2) is 19.7 Å². The van der Waals surface area contributed by atoms with Gasteiger partial charge in [0.2, 0.25) is 0 Å². The first-order chi connectivity index (χ1) is 10.7. The number of urea groups is 1. The maximum absolute atomic E-state index is 11.2. The summed E-state index contributed by atoms with van der Waals surface area (Å²) in [5, 5.41) is 5.62. The van der Waals surface area contributed by atoms with Gasteiger partial charge in [-0.05, 0) is 36.6 Å². The van der Waals surface area contributed by atoms with Crippen LogP contribution in [0, 0.1) is 0 Å². The highest BCUT2D eigenvalue weighted by atomic mass is 35.5. The first-order valence-electron chi connectivity index (χ1n) is 7.14. The van der Waals surface area contributed by atoms with E-state index in [-0.39, 0.29) is 6.03 Å². The van der Waals surface area contributed by atoms with E-state index in [1.54, 1.807) is 25.2 Å². The second kappa shape index (κ2) is 8.29. The maximum atomic E-state index is 11.2. The van der Waals surface area contributed by atoms with Gasteiger partial charge >= 0.3 is 6.03 Å². The molecule has 2 N–H and O–H groups in total. The summed E-state index contributed by atoms with van der Waals surface area (Å²) in [5.74, 6) is 0.622.